The van der Waals surface area contributed by atoms with Crippen LogP contribution < -0.4 is 0 Å². The van der Waals surface area contributed by atoms with Gasteiger partial charge in [-0.05, 0) is 52.0 Å². The predicted molar refractivity (Wildman–Crippen MR) is 91.5 cm³/mol. The molecule has 3 rings (SSSR count). The zero-order chi connectivity index (χ0) is 17.5. The van der Waals surface area contributed by atoms with Crippen molar-refractivity contribution in [3.05, 3.63) is 59.4 Å². The van der Waals surface area contributed by atoms with Crippen molar-refractivity contribution in [2.24, 2.45) is 0 Å². The molecule has 3 nitrogen and oxygen atoms in total. The van der Waals surface area contributed by atoms with Crippen LogP contribution in [0.15, 0.2) is 46.9 Å². The third kappa shape index (κ3) is 3.18. The van der Waals surface area contributed by atoms with Gasteiger partial charge in [-0.1, -0.05) is 23.8 Å². The highest BCUT2D eigenvalue weighted by atomic mass is 19.1. The number of halogens is 1. The molecule has 1 heterocycles. The Morgan fingerprint density at radius 2 is 1.88 bits per heavy atom. The lowest BCUT2D eigenvalue weighted by molar-refractivity contribution is 0.00655. The van der Waals surface area contributed by atoms with Crippen molar-refractivity contribution < 1.29 is 18.3 Å². The Morgan fingerprint density at radius 1 is 1.12 bits per heavy atom. The smallest absolute Gasteiger partial charge is 0.342 e. The average molecular weight is 326 g/mol. The molecule has 0 N–H and O–H groups in total. The van der Waals surface area contributed by atoms with Crippen LogP contribution in [0.4, 0.5) is 4.39 Å². The number of fused-ring (bicyclic) bond motifs is 1. The average Bonchev–Trinajstić information content (AvgIpc) is 2.87. The minimum atomic E-state index is -0.707. The zero-order valence-electron chi connectivity index (χ0n) is 14.1. The van der Waals surface area contributed by atoms with Gasteiger partial charge < -0.3 is 9.15 Å². The first-order valence-corrected chi connectivity index (χ1v) is 7.77. The van der Waals surface area contributed by atoms with Gasteiger partial charge >= 0.3 is 5.97 Å². The van der Waals surface area contributed by atoms with E-state index in [0.29, 0.717) is 16.9 Å². The number of aryl methyl sites for hydroxylation is 1. The molecule has 3 aromatic rings. The van der Waals surface area contributed by atoms with E-state index in [9.17, 15) is 9.18 Å². The number of carbonyl (C=O) groups is 1. The second kappa shape index (κ2) is 5.78. The van der Waals surface area contributed by atoms with Crippen LogP contribution in [0.2, 0.25) is 0 Å². The topological polar surface area (TPSA) is 39.4 Å². The summed E-state index contributed by atoms with van der Waals surface area (Å²) in [6, 6.07) is 12.1. The molecule has 0 saturated heterocycles. The summed E-state index contributed by atoms with van der Waals surface area (Å²) in [7, 11) is 0. The van der Waals surface area contributed by atoms with E-state index in [-0.39, 0.29) is 5.56 Å². The van der Waals surface area contributed by atoms with Gasteiger partial charge in [-0.15, -0.1) is 0 Å². The Kier molecular flexibility index (Phi) is 3.91. The predicted octanol–water partition coefficient (Wildman–Crippen LogP) is 5.50. The Bertz CT molecular complexity index is 916. The Labute approximate surface area is 140 Å². The lowest BCUT2D eigenvalue weighted by Gasteiger charge is -2.20. The largest absolute Gasteiger partial charge is 0.456 e. The Hall–Kier alpha value is -2.62. The van der Waals surface area contributed by atoms with E-state index in [2.05, 4.69) is 0 Å². The van der Waals surface area contributed by atoms with Crippen LogP contribution in [0.5, 0.6) is 0 Å². The molecule has 0 aliphatic carbocycles. The van der Waals surface area contributed by atoms with Crippen molar-refractivity contribution in [3.8, 4) is 11.3 Å². The van der Waals surface area contributed by atoms with E-state index in [1.807, 2.05) is 31.2 Å². The van der Waals surface area contributed by atoms with Gasteiger partial charge in [0.05, 0.1) is 0 Å². The molecule has 0 aliphatic heterocycles. The number of furan rings is 1. The zero-order valence-corrected chi connectivity index (χ0v) is 14.1. The number of rotatable bonds is 2. The SMILES string of the molecule is Cc1ccc2oc(-c3cccc(F)c3C(=O)OC(C)(C)C)cc2c1. The molecule has 0 saturated carbocycles. The maximum atomic E-state index is 14.3. The molecule has 2 aromatic carbocycles. The second-order valence-electron chi connectivity index (χ2n) is 6.82. The lowest BCUT2D eigenvalue weighted by Crippen LogP contribution is -2.24. The van der Waals surface area contributed by atoms with Crippen LogP contribution in [-0.2, 0) is 4.74 Å². The van der Waals surface area contributed by atoms with Crippen LogP contribution in [0.1, 0.15) is 36.7 Å². The summed E-state index contributed by atoms with van der Waals surface area (Å²) in [5, 5.41) is 0.907. The highest BCUT2D eigenvalue weighted by molar-refractivity contribution is 5.98. The quantitative estimate of drug-likeness (QED) is 0.584. The fourth-order valence-corrected chi connectivity index (χ4v) is 2.56. The summed E-state index contributed by atoms with van der Waals surface area (Å²) in [6.45, 7) is 7.22. The van der Waals surface area contributed by atoms with Crippen molar-refractivity contribution in [3.63, 3.8) is 0 Å². The normalized spacial score (nSPS) is 11.7. The molecule has 0 radical (unpaired) electrons. The van der Waals surface area contributed by atoms with Crippen molar-refractivity contribution >= 4 is 16.9 Å². The van der Waals surface area contributed by atoms with Crippen LogP contribution in [0, 0.1) is 12.7 Å². The molecule has 4 heteroatoms. The summed E-state index contributed by atoms with van der Waals surface area (Å²) in [6.07, 6.45) is 0. The van der Waals surface area contributed by atoms with E-state index < -0.39 is 17.4 Å². The summed E-state index contributed by atoms with van der Waals surface area (Å²) in [4.78, 5) is 12.4. The van der Waals surface area contributed by atoms with E-state index in [1.54, 1.807) is 32.9 Å². The number of esters is 1. The van der Waals surface area contributed by atoms with Crippen LogP contribution in [0.3, 0.4) is 0 Å². The van der Waals surface area contributed by atoms with Gasteiger partial charge in [0.25, 0.3) is 0 Å². The van der Waals surface area contributed by atoms with Crippen LogP contribution in [0.25, 0.3) is 22.3 Å². The minimum Gasteiger partial charge on any atom is -0.456 e. The van der Waals surface area contributed by atoms with Gasteiger partial charge in [-0.3, -0.25) is 0 Å². The van der Waals surface area contributed by atoms with Gasteiger partial charge in [-0.2, -0.15) is 0 Å². The molecule has 0 bridgehead atoms. The maximum Gasteiger partial charge on any atom is 0.342 e. The van der Waals surface area contributed by atoms with E-state index >= 15 is 0 Å². The third-order valence-electron chi connectivity index (χ3n) is 3.55. The molecular weight excluding hydrogens is 307 g/mol. The van der Waals surface area contributed by atoms with Gasteiger partial charge in [0.2, 0.25) is 0 Å². The molecule has 1 aromatic heterocycles. The lowest BCUT2D eigenvalue weighted by atomic mass is 10.0. The molecule has 0 unspecified atom stereocenters. The van der Waals surface area contributed by atoms with Crippen molar-refractivity contribution in [2.45, 2.75) is 33.3 Å². The molecule has 0 aliphatic rings. The highest BCUT2D eigenvalue weighted by Gasteiger charge is 2.25. The van der Waals surface area contributed by atoms with Crippen molar-refractivity contribution in [2.75, 3.05) is 0 Å². The molecule has 0 fully saturated rings. The molecule has 0 atom stereocenters. The summed E-state index contributed by atoms with van der Waals surface area (Å²) < 4.78 is 25.5. The summed E-state index contributed by atoms with van der Waals surface area (Å²) in [5.74, 6) is -0.887. The number of carbonyl (C=O) groups excluding carboxylic acids is 1. The monoisotopic (exact) mass is 326 g/mol. The number of benzene rings is 2. The minimum absolute atomic E-state index is 0.108. The first-order chi connectivity index (χ1) is 11.2. The first kappa shape index (κ1) is 16.2. The van der Waals surface area contributed by atoms with E-state index in [1.165, 1.54) is 6.07 Å². The number of hydrogen-bond acceptors (Lipinski definition) is 3. The van der Waals surface area contributed by atoms with Crippen LogP contribution in [-0.4, -0.2) is 11.6 Å². The van der Waals surface area contributed by atoms with Gasteiger partial charge in [0.1, 0.15) is 28.3 Å². The van der Waals surface area contributed by atoms with Crippen LogP contribution >= 0.6 is 0 Å². The van der Waals surface area contributed by atoms with Gasteiger partial charge in [0.15, 0.2) is 0 Å². The number of hydrogen-bond donors (Lipinski definition) is 0. The fourth-order valence-electron chi connectivity index (χ4n) is 2.56. The Balaban J connectivity index is 2.13. The van der Waals surface area contributed by atoms with Gasteiger partial charge in [-0.25, -0.2) is 9.18 Å². The summed E-state index contributed by atoms with van der Waals surface area (Å²) in [5.41, 5.74) is 1.36. The van der Waals surface area contributed by atoms with E-state index in [0.717, 1.165) is 10.9 Å². The summed E-state index contributed by atoms with van der Waals surface area (Å²) >= 11 is 0. The molecule has 24 heavy (non-hydrogen) atoms. The number of ether oxygens (including phenoxy) is 1. The molecule has 124 valence electrons. The van der Waals surface area contributed by atoms with Crippen molar-refractivity contribution in [1.82, 2.24) is 0 Å². The maximum absolute atomic E-state index is 14.3. The molecule has 0 spiro atoms. The molecule has 0 amide bonds. The van der Waals surface area contributed by atoms with Crippen molar-refractivity contribution in [1.29, 1.82) is 0 Å². The fraction of sp³-hybridized carbons (Fsp3) is 0.250. The first-order valence-electron chi connectivity index (χ1n) is 7.77. The highest BCUT2D eigenvalue weighted by Crippen LogP contribution is 2.32. The van der Waals surface area contributed by atoms with E-state index in [4.69, 9.17) is 9.15 Å². The second-order valence-corrected chi connectivity index (χ2v) is 6.82. The van der Waals surface area contributed by atoms with Gasteiger partial charge in [0, 0.05) is 10.9 Å². The third-order valence-corrected chi connectivity index (χ3v) is 3.55. The standard InChI is InChI=1S/C20H19FO3/c1-12-8-9-16-13(10-12)11-17(23-16)14-6-5-7-15(21)18(14)19(22)24-20(2,3)4/h5-11H,1-4H3. The Morgan fingerprint density at radius 3 is 2.58 bits per heavy atom. The molecular formula is C20H19FO3.